The first kappa shape index (κ1) is 11.1. The second-order valence-electron chi connectivity index (χ2n) is 3.60. The smallest absolute Gasteiger partial charge is 0.178 e. The molecule has 3 nitrogen and oxygen atoms in total. The van der Waals surface area contributed by atoms with E-state index in [0.717, 1.165) is 31.8 Å². The first-order valence-electron chi connectivity index (χ1n) is 5.00. The minimum Gasteiger partial charge on any atom is -0.331 e. The molecule has 0 amide bonds. The number of benzene rings is 1. The molecular formula is C11H8BrN3S2. The molecular weight excluding hydrogens is 318 g/mol. The summed E-state index contributed by atoms with van der Waals surface area (Å²) in [5.41, 5.74) is 2.15. The van der Waals surface area contributed by atoms with E-state index in [2.05, 4.69) is 36.5 Å². The van der Waals surface area contributed by atoms with Crippen LogP contribution in [0.4, 0.5) is 0 Å². The molecule has 2 aromatic heterocycles. The van der Waals surface area contributed by atoms with Crippen LogP contribution in [-0.4, -0.2) is 14.5 Å². The van der Waals surface area contributed by atoms with Gasteiger partial charge >= 0.3 is 0 Å². The summed E-state index contributed by atoms with van der Waals surface area (Å²) in [5.74, 6) is 0. The zero-order valence-electron chi connectivity index (χ0n) is 8.68. The molecule has 3 rings (SSSR count). The number of halogens is 1. The Labute approximate surface area is 115 Å². The van der Waals surface area contributed by atoms with E-state index < -0.39 is 0 Å². The second kappa shape index (κ2) is 4.36. The molecule has 17 heavy (non-hydrogen) atoms. The molecule has 6 heteroatoms. The standard InChI is InChI=1S/C11H8BrN3S2/c12-7-1-2-9-8(5-7)14-11(16)15(9)6-10-13-3-4-17-10/h1-5H,6H2,(H,14,16). The van der Waals surface area contributed by atoms with Crippen LogP contribution in [0, 0.1) is 4.77 Å². The molecule has 0 bridgehead atoms. The van der Waals surface area contributed by atoms with Gasteiger partial charge in [-0.25, -0.2) is 4.98 Å². The fourth-order valence-corrected chi connectivity index (χ4v) is 3.00. The lowest BCUT2D eigenvalue weighted by atomic mass is 10.3. The number of aromatic amines is 1. The van der Waals surface area contributed by atoms with Crippen LogP contribution < -0.4 is 0 Å². The van der Waals surface area contributed by atoms with Gasteiger partial charge in [0, 0.05) is 16.0 Å². The highest BCUT2D eigenvalue weighted by Crippen LogP contribution is 2.20. The van der Waals surface area contributed by atoms with Crippen molar-refractivity contribution in [3.63, 3.8) is 0 Å². The van der Waals surface area contributed by atoms with Gasteiger partial charge < -0.3 is 9.55 Å². The summed E-state index contributed by atoms with van der Waals surface area (Å²) in [7, 11) is 0. The maximum absolute atomic E-state index is 5.34. The van der Waals surface area contributed by atoms with Gasteiger partial charge in [0.25, 0.3) is 0 Å². The first-order chi connectivity index (χ1) is 8.24. The van der Waals surface area contributed by atoms with E-state index in [1.165, 1.54) is 0 Å². The van der Waals surface area contributed by atoms with E-state index in [-0.39, 0.29) is 0 Å². The number of nitrogens with one attached hydrogen (secondary N) is 1. The third kappa shape index (κ3) is 2.08. The molecule has 0 saturated carbocycles. The highest BCUT2D eigenvalue weighted by atomic mass is 79.9. The van der Waals surface area contributed by atoms with E-state index >= 15 is 0 Å². The Hall–Kier alpha value is -0.980. The summed E-state index contributed by atoms with van der Waals surface area (Å²) in [4.78, 5) is 7.49. The predicted molar refractivity (Wildman–Crippen MR) is 76.0 cm³/mol. The average Bonchev–Trinajstić information content (AvgIpc) is 2.88. The Morgan fingerprint density at radius 1 is 1.47 bits per heavy atom. The molecule has 86 valence electrons. The zero-order valence-corrected chi connectivity index (χ0v) is 11.9. The van der Waals surface area contributed by atoms with Crippen molar-refractivity contribution in [2.45, 2.75) is 6.54 Å². The average molecular weight is 326 g/mol. The third-order valence-corrected chi connectivity index (χ3v) is 4.09. The fraction of sp³-hybridized carbons (Fsp3) is 0.0909. The zero-order chi connectivity index (χ0) is 11.8. The van der Waals surface area contributed by atoms with E-state index in [9.17, 15) is 0 Å². The summed E-state index contributed by atoms with van der Waals surface area (Å²) >= 11 is 10.4. The summed E-state index contributed by atoms with van der Waals surface area (Å²) in [5, 5.41) is 3.04. The van der Waals surface area contributed by atoms with Crippen LogP contribution in [-0.2, 0) is 6.54 Å². The lowest BCUT2D eigenvalue weighted by Gasteiger charge is -2.01. The van der Waals surface area contributed by atoms with Crippen LogP contribution in [0.3, 0.4) is 0 Å². The lowest BCUT2D eigenvalue weighted by molar-refractivity contribution is 0.803. The summed E-state index contributed by atoms with van der Waals surface area (Å²) in [6.07, 6.45) is 1.81. The van der Waals surface area contributed by atoms with Crippen molar-refractivity contribution in [1.29, 1.82) is 0 Å². The minimum atomic E-state index is 0.720. The molecule has 2 heterocycles. The van der Waals surface area contributed by atoms with Crippen LogP contribution in [0.1, 0.15) is 5.01 Å². The number of imidazole rings is 1. The molecule has 3 aromatic rings. The van der Waals surface area contributed by atoms with Crippen molar-refractivity contribution in [3.8, 4) is 0 Å². The molecule has 0 aliphatic carbocycles. The van der Waals surface area contributed by atoms with Gasteiger partial charge in [-0.05, 0) is 30.4 Å². The fourth-order valence-electron chi connectivity index (χ4n) is 1.76. The molecule has 0 radical (unpaired) electrons. The normalized spacial score (nSPS) is 11.1. The molecule has 0 fully saturated rings. The maximum atomic E-state index is 5.34. The van der Waals surface area contributed by atoms with Crippen LogP contribution >= 0.6 is 39.5 Å². The number of aromatic nitrogens is 3. The number of thiazole rings is 1. The Kier molecular flexibility index (Phi) is 2.85. The Bertz CT molecular complexity index is 712. The Morgan fingerprint density at radius 3 is 3.12 bits per heavy atom. The lowest BCUT2D eigenvalue weighted by Crippen LogP contribution is -1.98. The third-order valence-electron chi connectivity index (χ3n) is 2.51. The molecule has 1 aromatic carbocycles. The maximum Gasteiger partial charge on any atom is 0.178 e. The van der Waals surface area contributed by atoms with Crippen molar-refractivity contribution < 1.29 is 0 Å². The van der Waals surface area contributed by atoms with Gasteiger partial charge in [-0.2, -0.15) is 0 Å². The summed E-state index contributed by atoms with van der Waals surface area (Å²) < 4.78 is 3.84. The highest BCUT2D eigenvalue weighted by molar-refractivity contribution is 9.10. The monoisotopic (exact) mass is 325 g/mol. The van der Waals surface area contributed by atoms with Crippen molar-refractivity contribution in [1.82, 2.24) is 14.5 Å². The molecule has 0 unspecified atom stereocenters. The Morgan fingerprint density at radius 2 is 2.35 bits per heavy atom. The number of hydrogen-bond acceptors (Lipinski definition) is 3. The Balaban J connectivity index is 2.16. The number of rotatable bonds is 2. The second-order valence-corrected chi connectivity index (χ2v) is 5.89. The van der Waals surface area contributed by atoms with Gasteiger partial charge in [0.05, 0.1) is 17.6 Å². The largest absolute Gasteiger partial charge is 0.331 e. The topological polar surface area (TPSA) is 33.6 Å². The van der Waals surface area contributed by atoms with Crippen LogP contribution in [0.25, 0.3) is 11.0 Å². The minimum absolute atomic E-state index is 0.720. The molecule has 0 saturated heterocycles. The van der Waals surface area contributed by atoms with Gasteiger partial charge in [0.15, 0.2) is 4.77 Å². The van der Waals surface area contributed by atoms with E-state index in [1.807, 2.05) is 23.7 Å². The van der Waals surface area contributed by atoms with Gasteiger partial charge in [-0.3, -0.25) is 0 Å². The SMILES string of the molecule is S=c1[nH]c2cc(Br)ccc2n1Cc1nccs1. The van der Waals surface area contributed by atoms with Crippen LogP contribution in [0.2, 0.25) is 0 Å². The predicted octanol–water partition coefficient (Wildman–Crippen LogP) is 3.97. The quantitative estimate of drug-likeness (QED) is 0.723. The molecule has 0 spiro atoms. The van der Waals surface area contributed by atoms with Crippen molar-refractivity contribution >= 4 is 50.5 Å². The van der Waals surface area contributed by atoms with Gasteiger partial charge in [-0.1, -0.05) is 15.9 Å². The number of H-pyrrole nitrogens is 1. The molecule has 0 aliphatic heterocycles. The van der Waals surface area contributed by atoms with E-state index in [1.54, 1.807) is 11.3 Å². The van der Waals surface area contributed by atoms with Crippen molar-refractivity contribution in [3.05, 3.63) is 44.0 Å². The molecule has 0 atom stereocenters. The van der Waals surface area contributed by atoms with Crippen molar-refractivity contribution in [2.24, 2.45) is 0 Å². The summed E-state index contributed by atoms with van der Waals surface area (Å²) in [6.45, 7) is 0.720. The number of nitrogens with zero attached hydrogens (tertiary/aromatic N) is 2. The van der Waals surface area contributed by atoms with Crippen LogP contribution in [0.15, 0.2) is 34.2 Å². The van der Waals surface area contributed by atoms with Crippen molar-refractivity contribution in [2.75, 3.05) is 0 Å². The van der Waals surface area contributed by atoms with E-state index in [0.29, 0.717) is 0 Å². The molecule has 0 aliphatic rings. The van der Waals surface area contributed by atoms with Crippen LogP contribution in [0.5, 0.6) is 0 Å². The first-order valence-corrected chi connectivity index (χ1v) is 7.08. The number of fused-ring (bicyclic) bond motifs is 1. The molecule has 1 N–H and O–H groups in total. The van der Waals surface area contributed by atoms with Gasteiger partial charge in [-0.15, -0.1) is 11.3 Å². The number of hydrogen-bond donors (Lipinski definition) is 1. The highest BCUT2D eigenvalue weighted by Gasteiger charge is 2.06. The van der Waals surface area contributed by atoms with E-state index in [4.69, 9.17) is 12.2 Å². The van der Waals surface area contributed by atoms with Gasteiger partial charge in [0.2, 0.25) is 0 Å². The van der Waals surface area contributed by atoms with Gasteiger partial charge in [0.1, 0.15) is 5.01 Å². The summed E-state index contributed by atoms with van der Waals surface area (Å²) in [6, 6.07) is 6.10.